The lowest BCUT2D eigenvalue weighted by Crippen LogP contribution is -2.22. The van der Waals surface area contributed by atoms with Gasteiger partial charge in [0.15, 0.2) is 5.78 Å². The van der Waals surface area contributed by atoms with Gasteiger partial charge in [-0.2, -0.15) is 5.10 Å². The van der Waals surface area contributed by atoms with Gasteiger partial charge < -0.3 is 5.11 Å². The van der Waals surface area contributed by atoms with Gasteiger partial charge >= 0.3 is 0 Å². The van der Waals surface area contributed by atoms with Crippen LogP contribution in [0.3, 0.4) is 0 Å². The Balaban J connectivity index is 2.24. The van der Waals surface area contributed by atoms with E-state index in [4.69, 9.17) is 0 Å². The minimum atomic E-state index is -0.865. The molecule has 1 heterocycles. The Labute approximate surface area is 106 Å². The molecule has 1 atom stereocenters. The highest BCUT2D eigenvalue weighted by Gasteiger charge is 2.18. The molecule has 4 heteroatoms. The number of fused-ring (bicyclic) bond motifs is 1. The van der Waals surface area contributed by atoms with Gasteiger partial charge in [-0.1, -0.05) is 31.5 Å². The fraction of sp³-hybridized carbons (Fsp3) is 0.429. The number of aliphatic hydroxyl groups excluding tert-OH is 1. The van der Waals surface area contributed by atoms with Crippen molar-refractivity contribution in [2.75, 3.05) is 0 Å². The molecule has 0 fully saturated rings. The molecule has 0 aliphatic heterocycles. The lowest BCUT2D eigenvalue weighted by molar-refractivity contribution is -0.126. The van der Waals surface area contributed by atoms with Gasteiger partial charge in [-0.25, -0.2) is 0 Å². The van der Waals surface area contributed by atoms with Crippen molar-refractivity contribution in [1.29, 1.82) is 0 Å². The Hall–Kier alpha value is -1.68. The average Bonchev–Trinajstić information content (AvgIpc) is 2.67. The molecule has 0 bridgehead atoms. The van der Waals surface area contributed by atoms with Crippen LogP contribution < -0.4 is 0 Å². The first-order chi connectivity index (χ1) is 8.63. The number of para-hydroxylation sites is 1. The van der Waals surface area contributed by atoms with Crippen molar-refractivity contribution in [2.24, 2.45) is 7.05 Å². The van der Waals surface area contributed by atoms with Crippen LogP contribution in [0.25, 0.3) is 10.9 Å². The van der Waals surface area contributed by atoms with E-state index in [0.717, 1.165) is 23.0 Å². The van der Waals surface area contributed by atoms with E-state index >= 15 is 0 Å². The fourth-order valence-corrected chi connectivity index (χ4v) is 2.14. The number of nitrogens with zero attached hydrogens (tertiary/aromatic N) is 2. The molecule has 0 spiro atoms. The summed E-state index contributed by atoms with van der Waals surface area (Å²) in [5.74, 6) is -0.152. The monoisotopic (exact) mass is 246 g/mol. The second-order valence-corrected chi connectivity index (χ2v) is 4.54. The molecule has 4 nitrogen and oxygen atoms in total. The van der Waals surface area contributed by atoms with Crippen molar-refractivity contribution in [2.45, 2.75) is 32.3 Å². The van der Waals surface area contributed by atoms with Crippen LogP contribution in [0.15, 0.2) is 24.3 Å². The molecular formula is C14H18N2O2. The Morgan fingerprint density at radius 3 is 2.89 bits per heavy atom. The summed E-state index contributed by atoms with van der Waals surface area (Å²) >= 11 is 0. The number of carbonyl (C=O) groups is 1. The van der Waals surface area contributed by atoms with E-state index in [1.165, 1.54) is 0 Å². The molecule has 1 aromatic carbocycles. The van der Waals surface area contributed by atoms with Gasteiger partial charge in [-0.15, -0.1) is 0 Å². The molecule has 1 unspecified atom stereocenters. The van der Waals surface area contributed by atoms with E-state index in [1.54, 1.807) is 4.68 Å². The van der Waals surface area contributed by atoms with Crippen LogP contribution in [0.4, 0.5) is 0 Å². The van der Waals surface area contributed by atoms with Crippen LogP contribution in [0.5, 0.6) is 0 Å². The van der Waals surface area contributed by atoms with Crippen LogP contribution >= 0.6 is 0 Å². The molecule has 0 amide bonds. The first-order valence-electron chi connectivity index (χ1n) is 6.25. The Kier molecular flexibility index (Phi) is 3.77. The summed E-state index contributed by atoms with van der Waals surface area (Å²) in [5.41, 5.74) is 1.75. The maximum absolute atomic E-state index is 11.9. The topological polar surface area (TPSA) is 55.1 Å². The molecule has 0 radical (unpaired) electrons. The summed E-state index contributed by atoms with van der Waals surface area (Å²) < 4.78 is 1.77. The molecule has 1 aromatic heterocycles. The maximum atomic E-state index is 11.9. The predicted octanol–water partition coefficient (Wildman–Crippen LogP) is 1.85. The van der Waals surface area contributed by atoms with Crippen molar-refractivity contribution in [1.82, 2.24) is 9.78 Å². The number of Topliss-reactive ketones (excluding diaryl/α,β-unsaturated/α-hetero) is 1. The SMILES string of the molecule is CCCC(O)C(=O)Cc1nn(C)c2ccccc12. The zero-order valence-electron chi connectivity index (χ0n) is 10.8. The number of aromatic nitrogens is 2. The van der Waals surface area contributed by atoms with Crippen molar-refractivity contribution in [3.8, 4) is 0 Å². The third-order valence-corrected chi connectivity index (χ3v) is 3.11. The van der Waals surface area contributed by atoms with Gasteiger partial charge in [0.2, 0.25) is 0 Å². The van der Waals surface area contributed by atoms with Crippen LogP contribution in [-0.2, 0) is 18.3 Å². The minimum absolute atomic E-state index is 0.152. The van der Waals surface area contributed by atoms with Crippen molar-refractivity contribution in [3.05, 3.63) is 30.0 Å². The van der Waals surface area contributed by atoms with E-state index < -0.39 is 6.10 Å². The summed E-state index contributed by atoms with van der Waals surface area (Å²) in [4.78, 5) is 11.9. The van der Waals surface area contributed by atoms with Crippen molar-refractivity contribution >= 4 is 16.7 Å². The second kappa shape index (κ2) is 5.31. The van der Waals surface area contributed by atoms with Crippen molar-refractivity contribution in [3.63, 3.8) is 0 Å². The summed E-state index contributed by atoms with van der Waals surface area (Å²) in [6, 6.07) is 7.80. The van der Waals surface area contributed by atoms with Crippen LogP contribution in [-0.4, -0.2) is 26.8 Å². The van der Waals surface area contributed by atoms with Gasteiger partial charge in [-0.3, -0.25) is 9.48 Å². The van der Waals surface area contributed by atoms with Gasteiger partial charge in [0.25, 0.3) is 0 Å². The fourth-order valence-electron chi connectivity index (χ4n) is 2.14. The number of benzene rings is 1. The van der Waals surface area contributed by atoms with Gasteiger partial charge in [0.1, 0.15) is 6.10 Å². The normalized spacial score (nSPS) is 12.8. The van der Waals surface area contributed by atoms with Gasteiger partial charge in [0, 0.05) is 12.4 Å². The quantitative estimate of drug-likeness (QED) is 0.876. The minimum Gasteiger partial charge on any atom is -0.385 e. The van der Waals surface area contributed by atoms with Crippen molar-refractivity contribution < 1.29 is 9.90 Å². The Morgan fingerprint density at radius 2 is 2.17 bits per heavy atom. The molecule has 18 heavy (non-hydrogen) atoms. The molecule has 2 aromatic rings. The summed E-state index contributed by atoms with van der Waals surface area (Å²) in [7, 11) is 1.86. The van der Waals surface area contributed by atoms with Crippen LogP contribution in [0.1, 0.15) is 25.5 Å². The van der Waals surface area contributed by atoms with Crippen LogP contribution in [0.2, 0.25) is 0 Å². The van der Waals surface area contributed by atoms with Crippen LogP contribution in [0, 0.1) is 0 Å². The predicted molar refractivity (Wildman–Crippen MR) is 70.3 cm³/mol. The first-order valence-corrected chi connectivity index (χ1v) is 6.25. The molecule has 0 aliphatic carbocycles. The number of carbonyl (C=O) groups excluding carboxylic acids is 1. The number of aryl methyl sites for hydroxylation is 1. The lowest BCUT2D eigenvalue weighted by Gasteiger charge is -2.06. The van der Waals surface area contributed by atoms with E-state index in [0.29, 0.717) is 6.42 Å². The molecule has 2 rings (SSSR count). The largest absolute Gasteiger partial charge is 0.385 e. The van der Waals surface area contributed by atoms with E-state index in [9.17, 15) is 9.90 Å². The highest BCUT2D eigenvalue weighted by molar-refractivity contribution is 5.90. The number of ketones is 1. The summed E-state index contributed by atoms with van der Waals surface area (Å²) in [6.07, 6.45) is 0.651. The Morgan fingerprint density at radius 1 is 1.44 bits per heavy atom. The molecular weight excluding hydrogens is 228 g/mol. The number of rotatable bonds is 5. The van der Waals surface area contributed by atoms with Gasteiger partial charge in [0.05, 0.1) is 17.6 Å². The van der Waals surface area contributed by atoms with Gasteiger partial charge in [-0.05, 0) is 12.5 Å². The number of hydrogen-bond donors (Lipinski definition) is 1. The number of hydrogen-bond acceptors (Lipinski definition) is 3. The summed E-state index contributed by atoms with van der Waals surface area (Å²) in [6.45, 7) is 1.95. The van der Waals surface area contributed by atoms with E-state index in [-0.39, 0.29) is 12.2 Å². The summed E-state index contributed by atoms with van der Waals surface area (Å²) in [5, 5.41) is 15.0. The molecule has 1 N–H and O–H groups in total. The van der Waals surface area contributed by atoms with E-state index in [1.807, 2.05) is 38.2 Å². The third kappa shape index (κ3) is 2.43. The second-order valence-electron chi connectivity index (χ2n) is 4.54. The molecule has 0 saturated carbocycles. The zero-order chi connectivity index (χ0) is 13.1. The lowest BCUT2D eigenvalue weighted by atomic mass is 10.0. The molecule has 0 saturated heterocycles. The first kappa shape index (κ1) is 12.8. The zero-order valence-corrected chi connectivity index (χ0v) is 10.8. The standard InChI is InChI=1S/C14H18N2O2/c1-3-6-13(17)14(18)9-11-10-7-4-5-8-12(10)16(2)15-11/h4-5,7-8,13,17H,3,6,9H2,1-2H3. The Bertz CT molecular complexity index is 560. The smallest absolute Gasteiger partial charge is 0.167 e. The molecule has 0 aliphatic rings. The third-order valence-electron chi connectivity index (χ3n) is 3.11. The maximum Gasteiger partial charge on any atom is 0.167 e. The molecule has 96 valence electrons. The number of aliphatic hydroxyl groups is 1. The highest BCUT2D eigenvalue weighted by atomic mass is 16.3. The highest BCUT2D eigenvalue weighted by Crippen LogP contribution is 2.18. The van der Waals surface area contributed by atoms with E-state index in [2.05, 4.69) is 5.10 Å². The average molecular weight is 246 g/mol.